The molecule has 0 unspecified atom stereocenters. The van der Waals surface area contributed by atoms with Crippen LogP contribution >= 0.6 is 11.6 Å². The van der Waals surface area contributed by atoms with Crippen LogP contribution in [0.5, 0.6) is 0 Å². The van der Waals surface area contributed by atoms with Crippen molar-refractivity contribution in [3.8, 4) is 6.07 Å². The Morgan fingerprint density at radius 2 is 2.27 bits per heavy atom. The average molecular weight is 221 g/mol. The standard InChI is InChI=1S/C11H9ClN2O/c12-9-4-3-8(7-13)10(6-9)14-5-1-2-11(14)15/h3-4,6H,1-2,5H2. The molecule has 0 atom stereocenters. The number of halogens is 1. The molecule has 0 N–H and O–H groups in total. The highest BCUT2D eigenvalue weighted by atomic mass is 35.5. The Labute approximate surface area is 92.9 Å². The molecule has 0 saturated carbocycles. The van der Waals surface area contributed by atoms with E-state index in [0.717, 1.165) is 6.42 Å². The maximum Gasteiger partial charge on any atom is 0.227 e. The van der Waals surface area contributed by atoms with Gasteiger partial charge in [-0.25, -0.2) is 0 Å². The van der Waals surface area contributed by atoms with E-state index in [-0.39, 0.29) is 5.91 Å². The molecule has 2 rings (SSSR count). The van der Waals surface area contributed by atoms with Gasteiger partial charge in [-0.1, -0.05) is 11.6 Å². The van der Waals surface area contributed by atoms with Crippen molar-refractivity contribution >= 4 is 23.2 Å². The molecule has 3 nitrogen and oxygen atoms in total. The first-order valence-electron chi connectivity index (χ1n) is 4.72. The lowest BCUT2D eigenvalue weighted by Gasteiger charge is -2.17. The smallest absolute Gasteiger partial charge is 0.227 e. The van der Waals surface area contributed by atoms with E-state index in [0.29, 0.717) is 29.2 Å². The van der Waals surface area contributed by atoms with Gasteiger partial charge in [0.2, 0.25) is 5.91 Å². The van der Waals surface area contributed by atoms with Crippen molar-refractivity contribution in [2.45, 2.75) is 12.8 Å². The number of anilines is 1. The Bertz CT molecular complexity index is 450. The fraction of sp³-hybridized carbons (Fsp3) is 0.273. The van der Waals surface area contributed by atoms with Crippen molar-refractivity contribution in [1.82, 2.24) is 0 Å². The summed E-state index contributed by atoms with van der Waals surface area (Å²) in [5.74, 6) is 0.0637. The van der Waals surface area contributed by atoms with E-state index >= 15 is 0 Å². The van der Waals surface area contributed by atoms with Crippen molar-refractivity contribution in [1.29, 1.82) is 5.26 Å². The molecule has 0 bridgehead atoms. The van der Waals surface area contributed by atoms with E-state index in [4.69, 9.17) is 16.9 Å². The molecule has 15 heavy (non-hydrogen) atoms. The van der Waals surface area contributed by atoms with Gasteiger partial charge in [0.25, 0.3) is 0 Å². The number of nitriles is 1. The number of hydrogen-bond donors (Lipinski definition) is 0. The predicted octanol–water partition coefficient (Wildman–Crippen LogP) is 2.34. The number of hydrogen-bond acceptors (Lipinski definition) is 2. The molecule has 0 radical (unpaired) electrons. The summed E-state index contributed by atoms with van der Waals surface area (Å²) in [6, 6.07) is 7.04. The second-order valence-electron chi connectivity index (χ2n) is 3.42. The van der Waals surface area contributed by atoms with Crippen LogP contribution in [0.2, 0.25) is 5.02 Å². The average Bonchev–Trinajstić information content (AvgIpc) is 2.64. The van der Waals surface area contributed by atoms with E-state index in [1.807, 2.05) is 0 Å². The molecule has 1 aliphatic heterocycles. The van der Waals surface area contributed by atoms with Gasteiger partial charge >= 0.3 is 0 Å². The second-order valence-corrected chi connectivity index (χ2v) is 3.86. The largest absolute Gasteiger partial charge is 0.311 e. The second kappa shape index (κ2) is 3.92. The Kier molecular flexibility index (Phi) is 2.61. The van der Waals surface area contributed by atoms with Crippen molar-refractivity contribution in [3.05, 3.63) is 28.8 Å². The molecule has 1 heterocycles. The Hall–Kier alpha value is -1.53. The minimum Gasteiger partial charge on any atom is -0.311 e. The monoisotopic (exact) mass is 220 g/mol. The van der Waals surface area contributed by atoms with Crippen molar-refractivity contribution in [2.24, 2.45) is 0 Å². The van der Waals surface area contributed by atoms with Gasteiger partial charge in [0, 0.05) is 18.0 Å². The van der Waals surface area contributed by atoms with Gasteiger partial charge in [0.1, 0.15) is 6.07 Å². The minimum absolute atomic E-state index is 0.0637. The molecule has 1 aromatic carbocycles. The Morgan fingerprint density at radius 1 is 1.47 bits per heavy atom. The number of carbonyl (C=O) groups is 1. The minimum atomic E-state index is 0.0637. The first kappa shape index (κ1) is 10.0. The van der Waals surface area contributed by atoms with Gasteiger partial charge in [0.05, 0.1) is 11.3 Å². The zero-order valence-electron chi connectivity index (χ0n) is 8.03. The van der Waals surface area contributed by atoms with E-state index in [9.17, 15) is 4.79 Å². The third-order valence-electron chi connectivity index (χ3n) is 2.44. The third kappa shape index (κ3) is 1.81. The summed E-state index contributed by atoms with van der Waals surface area (Å²) in [6.07, 6.45) is 1.40. The summed E-state index contributed by atoms with van der Waals surface area (Å²) in [7, 11) is 0. The van der Waals surface area contributed by atoms with E-state index in [2.05, 4.69) is 6.07 Å². The summed E-state index contributed by atoms with van der Waals surface area (Å²) in [5.41, 5.74) is 1.13. The Morgan fingerprint density at radius 3 is 2.87 bits per heavy atom. The number of nitrogens with zero attached hydrogens (tertiary/aromatic N) is 2. The zero-order valence-corrected chi connectivity index (χ0v) is 8.79. The number of carbonyl (C=O) groups excluding carboxylic acids is 1. The fourth-order valence-corrected chi connectivity index (χ4v) is 1.89. The van der Waals surface area contributed by atoms with Crippen LogP contribution in [0.4, 0.5) is 5.69 Å². The lowest BCUT2D eigenvalue weighted by atomic mass is 10.2. The van der Waals surface area contributed by atoms with E-state index in [1.165, 1.54) is 0 Å². The lowest BCUT2D eigenvalue weighted by molar-refractivity contribution is -0.117. The van der Waals surface area contributed by atoms with Crippen LogP contribution in [0.25, 0.3) is 0 Å². The quantitative estimate of drug-likeness (QED) is 0.729. The van der Waals surface area contributed by atoms with Crippen molar-refractivity contribution in [3.63, 3.8) is 0 Å². The summed E-state index contributed by atoms with van der Waals surface area (Å²) in [4.78, 5) is 13.2. The maximum atomic E-state index is 11.5. The molecule has 0 aromatic heterocycles. The lowest BCUT2D eigenvalue weighted by Crippen LogP contribution is -2.24. The molecule has 0 spiro atoms. The normalized spacial score (nSPS) is 15.5. The highest BCUT2D eigenvalue weighted by molar-refractivity contribution is 6.31. The van der Waals surface area contributed by atoms with Gasteiger partial charge in [0.15, 0.2) is 0 Å². The van der Waals surface area contributed by atoms with Gasteiger partial charge in [-0.15, -0.1) is 0 Å². The molecule has 4 heteroatoms. The van der Waals surface area contributed by atoms with Crippen LogP contribution < -0.4 is 4.90 Å². The summed E-state index contributed by atoms with van der Waals surface area (Å²) < 4.78 is 0. The topological polar surface area (TPSA) is 44.1 Å². The molecular formula is C11H9ClN2O. The van der Waals surface area contributed by atoms with Crippen molar-refractivity contribution in [2.75, 3.05) is 11.4 Å². The molecule has 1 saturated heterocycles. The third-order valence-corrected chi connectivity index (χ3v) is 2.68. The molecule has 1 aliphatic rings. The van der Waals surface area contributed by atoms with Gasteiger partial charge < -0.3 is 4.90 Å². The summed E-state index contributed by atoms with van der Waals surface area (Å²) in [5, 5.41) is 9.47. The highest BCUT2D eigenvalue weighted by Gasteiger charge is 2.23. The number of amides is 1. The van der Waals surface area contributed by atoms with Gasteiger partial charge in [-0.05, 0) is 24.6 Å². The SMILES string of the molecule is N#Cc1ccc(Cl)cc1N1CCCC1=O. The van der Waals surface area contributed by atoms with Crippen LogP contribution in [0.1, 0.15) is 18.4 Å². The summed E-state index contributed by atoms with van der Waals surface area (Å²) in [6.45, 7) is 0.674. The van der Waals surface area contributed by atoms with E-state index in [1.54, 1.807) is 23.1 Å². The van der Waals surface area contributed by atoms with Gasteiger partial charge in [-0.2, -0.15) is 5.26 Å². The summed E-state index contributed by atoms with van der Waals surface area (Å²) >= 11 is 5.85. The molecule has 0 aliphatic carbocycles. The molecule has 1 fully saturated rings. The zero-order chi connectivity index (χ0) is 10.8. The maximum absolute atomic E-state index is 11.5. The number of rotatable bonds is 1. The van der Waals surface area contributed by atoms with Crippen LogP contribution in [-0.4, -0.2) is 12.5 Å². The fourth-order valence-electron chi connectivity index (χ4n) is 1.73. The van der Waals surface area contributed by atoms with Crippen LogP contribution in [0.15, 0.2) is 18.2 Å². The molecule has 1 aromatic rings. The van der Waals surface area contributed by atoms with Crippen LogP contribution in [-0.2, 0) is 4.79 Å². The molecule has 1 amide bonds. The molecular weight excluding hydrogens is 212 g/mol. The predicted molar refractivity (Wildman–Crippen MR) is 57.8 cm³/mol. The first-order chi connectivity index (χ1) is 7.22. The Balaban J connectivity index is 2.46. The first-order valence-corrected chi connectivity index (χ1v) is 5.10. The highest BCUT2D eigenvalue weighted by Crippen LogP contribution is 2.27. The molecule has 76 valence electrons. The van der Waals surface area contributed by atoms with Gasteiger partial charge in [-0.3, -0.25) is 4.79 Å². The van der Waals surface area contributed by atoms with Crippen molar-refractivity contribution < 1.29 is 4.79 Å². The van der Waals surface area contributed by atoms with Crippen LogP contribution in [0, 0.1) is 11.3 Å². The number of benzene rings is 1. The van der Waals surface area contributed by atoms with Crippen LogP contribution in [0.3, 0.4) is 0 Å². The van der Waals surface area contributed by atoms with E-state index < -0.39 is 0 Å².